The predicted molar refractivity (Wildman–Crippen MR) is 54.0 cm³/mol. The van der Waals surface area contributed by atoms with Gasteiger partial charge in [0.1, 0.15) is 18.8 Å². The van der Waals surface area contributed by atoms with Crippen LogP contribution in [0.1, 0.15) is 6.42 Å². The number of hydrogen-bond acceptors (Lipinski definition) is 6. The van der Waals surface area contributed by atoms with E-state index < -0.39 is 18.3 Å². The molecule has 0 amide bonds. The van der Waals surface area contributed by atoms with Crippen molar-refractivity contribution in [2.45, 2.75) is 24.7 Å². The van der Waals surface area contributed by atoms with E-state index in [1.165, 1.54) is 11.3 Å². The lowest BCUT2D eigenvalue weighted by Crippen LogP contribution is -2.47. The summed E-state index contributed by atoms with van der Waals surface area (Å²) in [6.45, 7) is 0.663. The number of nitrogens with zero attached hydrogens (tertiary/aromatic N) is 1. The van der Waals surface area contributed by atoms with Crippen molar-refractivity contribution in [3.8, 4) is 5.19 Å². The first-order chi connectivity index (χ1) is 7.27. The molecule has 3 unspecified atom stereocenters. The molecule has 1 aliphatic rings. The summed E-state index contributed by atoms with van der Waals surface area (Å²) in [6.07, 6.45) is 0.0436. The summed E-state index contributed by atoms with van der Waals surface area (Å²) < 4.78 is 10.6. The predicted octanol–water partition coefficient (Wildman–Crippen LogP) is 0.0326. The summed E-state index contributed by atoms with van der Waals surface area (Å²) in [7, 11) is 0. The number of aliphatic hydroxyl groups is 2. The van der Waals surface area contributed by atoms with E-state index in [-0.39, 0.29) is 6.61 Å². The van der Waals surface area contributed by atoms with Gasteiger partial charge in [0.15, 0.2) is 0 Å². The molecule has 5 nitrogen and oxygen atoms in total. The molecule has 2 N–H and O–H groups in total. The lowest BCUT2D eigenvalue weighted by Gasteiger charge is -2.31. The second-order valence-electron chi connectivity index (χ2n) is 3.36. The summed E-state index contributed by atoms with van der Waals surface area (Å²) in [4.78, 5) is 3.94. The number of aromatic nitrogens is 1. The maximum absolute atomic E-state index is 9.59. The molecule has 2 rings (SSSR count). The largest absolute Gasteiger partial charge is 0.467 e. The molecule has 1 aromatic rings. The van der Waals surface area contributed by atoms with Crippen LogP contribution in [0, 0.1) is 0 Å². The molecule has 0 radical (unpaired) electrons. The van der Waals surface area contributed by atoms with Gasteiger partial charge in [0.2, 0.25) is 0 Å². The molecule has 0 spiro atoms. The Bertz CT molecular complexity index is 292. The Morgan fingerprint density at radius 2 is 2.47 bits per heavy atom. The van der Waals surface area contributed by atoms with Crippen molar-refractivity contribution < 1.29 is 19.7 Å². The first kappa shape index (κ1) is 10.8. The van der Waals surface area contributed by atoms with Gasteiger partial charge in [-0.2, -0.15) is 0 Å². The molecule has 1 aromatic heterocycles. The van der Waals surface area contributed by atoms with Gasteiger partial charge in [-0.05, 0) is 6.42 Å². The van der Waals surface area contributed by atoms with E-state index in [1.54, 1.807) is 6.20 Å². The molecule has 84 valence electrons. The van der Waals surface area contributed by atoms with Crippen LogP contribution in [0.15, 0.2) is 11.6 Å². The Balaban J connectivity index is 1.83. The van der Waals surface area contributed by atoms with Crippen LogP contribution in [0.25, 0.3) is 0 Å². The van der Waals surface area contributed by atoms with Crippen molar-refractivity contribution in [2.24, 2.45) is 0 Å². The average Bonchev–Trinajstić information content (AvgIpc) is 2.73. The lowest BCUT2D eigenvalue weighted by molar-refractivity contribution is -0.144. The van der Waals surface area contributed by atoms with E-state index in [2.05, 4.69) is 4.98 Å². The molecular weight excluding hydrogens is 218 g/mol. The molecule has 0 saturated carbocycles. The highest BCUT2D eigenvalue weighted by Crippen LogP contribution is 2.18. The van der Waals surface area contributed by atoms with E-state index in [1.807, 2.05) is 5.38 Å². The third-order valence-corrected chi connectivity index (χ3v) is 2.98. The van der Waals surface area contributed by atoms with Gasteiger partial charge in [0.05, 0.1) is 6.10 Å². The maximum atomic E-state index is 9.59. The zero-order valence-corrected chi connectivity index (χ0v) is 8.89. The molecule has 0 bridgehead atoms. The van der Waals surface area contributed by atoms with Crippen molar-refractivity contribution in [3.63, 3.8) is 0 Å². The van der Waals surface area contributed by atoms with Crippen LogP contribution in [0.3, 0.4) is 0 Å². The average molecular weight is 231 g/mol. The van der Waals surface area contributed by atoms with Crippen LogP contribution in [-0.2, 0) is 4.74 Å². The summed E-state index contributed by atoms with van der Waals surface area (Å²) in [6, 6.07) is 0. The monoisotopic (exact) mass is 231 g/mol. The quantitative estimate of drug-likeness (QED) is 0.768. The normalized spacial score (nSPS) is 31.5. The first-order valence-electron chi connectivity index (χ1n) is 4.77. The van der Waals surface area contributed by atoms with Crippen molar-refractivity contribution in [2.75, 3.05) is 13.2 Å². The van der Waals surface area contributed by atoms with Gasteiger partial charge in [-0.15, -0.1) is 0 Å². The molecule has 0 aromatic carbocycles. The summed E-state index contributed by atoms with van der Waals surface area (Å²) in [5.74, 6) is 0. The highest BCUT2D eigenvalue weighted by Gasteiger charge is 2.31. The van der Waals surface area contributed by atoms with Crippen molar-refractivity contribution in [3.05, 3.63) is 11.6 Å². The smallest absolute Gasteiger partial charge is 0.273 e. The molecule has 1 saturated heterocycles. The SMILES string of the molecule is OC1CCOC(COc2nccs2)C1O. The van der Waals surface area contributed by atoms with Crippen molar-refractivity contribution in [1.29, 1.82) is 0 Å². The van der Waals surface area contributed by atoms with Crippen molar-refractivity contribution >= 4 is 11.3 Å². The Labute approximate surface area is 91.3 Å². The molecule has 6 heteroatoms. The van der Waals surface area contributed by atoms with Gasteiger partial charge in [0, 0.05) is 18.2 Å². The number of rotatable bonds is 3. The Kier molecular flexibility index (Phi) is 3.53. The third kappa shape index (κ3) is 2.66. The van der Waals surface area contributed by atoms with E-state index in [9.17, 15) is 10.2 Å². The number of aliphatic hydroxyl groups excluding tert-OH is 2. The van der Waals surface area contributed by atoms with E-state index >= 15 is 0 Å². The minimum absolute atomic E-state index is 0.214. The maximum Gasteiger partial charge on any atom is 0.273 e. The van der Waals surface area contributed by atoms with Crippen molar-refractivity contribution in [1.82, 2.24) is 4.98 Å². The minimum Gasteiger partial charge on any atom is -0.467 e. The summed E-state index contributed by atoms with van der Waals surface area (Å²) in [5.41, 5.74) is 0. The number of ether oxygens (including phenoxy) is 2. The molecule has 1 aliphatic heterocycles. The van der Waals surface area contributed by atoms with Gasteiger partial charge < -0.3 is 19.7 Å². The highest BCUT2D eigenvalue weighted by molar-refractivity contribution is 7.11. The standard InChI is InChI=1S/C9H13NO4S/c11-6-1-3-13-7(8(6)12)5-14-9-10-2-4-15-9/h2,4,6-8,11-12H,1,3,5H2. The first-order valence-corrected chi connectivity index (χ1v) is 5.65. The van der Waals surface area contributed by atoms with Crippen LogP contribution >= 0.6 is 11.3 Å². The molecule has 0 aliphatic carbocycles. The zero-order valence-electron chi connectivity index (χ0n) is 8.07. The number of hydrogen-bond donors (Lipinski definition) is 2. The number of thiazole rings is 1. The Hall–Kier alpha value is -0.690. The van der Waals surface area contributed by atoms with Gasteiger partial charge in [-0.3, -0.25) is 0 Å². The third-order valence-electron chi connectivity index (χ3n) is 2.30. The molecular formula is C9H13NO4S. The second-order valence-corrected chi connectivity index (χ2v) is 4.22. The Morgan fingerprint density at radius 1 is 1.60 bits per heavy atom. The fourth-order valence-electron chi connectivity index (χ4n) is 1.44. The second kappa shape index (κ2) is 4.89. The minimum atomic E-state index is -0.876. The van der Waals surface area contributed by atoms with Crippen LogP contribution in [-0.4, -0.2) is 46.7 Å². The molecule has 1 fully saturated rings. The van der Waals surface area contributed by atoms with E-state index in [4.69, 9.17) is 9.47 Å². The van der Waals surface area contributed by atoms with Gasteiger partial charge in [-0.25, -0.2) is 4.98 Å². The van der Waals surface area contributed by atoms with Gasteiger partial charge in [-0.1, -0.05) is 11.3 Å². The fraction of sp³-hybridized carbons (Fsp3) is 0.667. The van der Waals surface area contributed by atoms with Crippen LogP contribution in [0.4, 0.5) is 0 Å². The van der Waals surface area contributed by atoms with Crippen LogP contribution < -0.4 is 4.74 Å². The van der Waals surface area contributed by atoms with E-state index in [0.717, 1.165) is 0 Å². The topological polar surface area (TPSA) is 71.8 Å². The van der Waals surface area contributed by atoms with E-state index in [0.29, 0.717) is 18.2 Å². The Morgan fingerprint density at radius 3 is 3.20 bits per heavy atom. The lowest BCUT2D eigenvalue weighted by atomic mass is 10.0. The van der Waals surface area contributed by atoms with Crippen LogP contribution in [0.5, 0.6) is 5.19 Å². The molecule has 3 atom stereocenters. The van der Waals surface area contributed by atoms with Crippen LogP contribution in [0.2, 0.25) is 0 Å². The summed E-state index contributed by atoms with van der Waals surface area (Å²) in [5, 5.41) is 21.4. The summed E-state index contributed by atoms with van der Waals surface area (Å²) >= 11 is 1.38. The highest BCUT2D eigenvalue weighted by atomic mass is 32.1. The molecule has 2 heterocycles. The van der Waals surface area contributed by atoms with Gasteiger partial charge >= 0.3 is 0 Å². The zero-order chi connectivity index (χ0) is 10.7. The molecule has 15 heavy (non-hydrogen) atoms. The fourth-order valence-corrected chi connectivity index (χ4v) is 1.93. The van der Waals surface area contributed by atoms with Gasteiger partial charge in [0.25, 0.3) is 5.19 Å².